The molecule has 1 atom stereocenters. The second-order valence-corrected chi connectivity index (χ2v) is 7.79. The Bertz CT molecular complexity index is 1490. The van der Waals surface area contributed by atoms with Crippen LogP contribution in [0.25, 0.3) is 11.0 Å². The number of fused-ring (bicyclic) bond motifs is 2. The summed E-state index contributed by atoms with van der Waals surface area (Å²) in [6, 6.07) is 13.7. The zero-order chi connectivity index (χ0) is 22.6. The Morgan fingerprint density at radius 2 is 1.81 bits per heavy atom. The summed E-state index contributed by atoms with van der Waals surface area (Å²) in [7, 11) is 0. The number of amides is 1. The average Bonchev–Trinajstić information content (AvgIpc) is 3.07. The third-order valence-corrected chi connectivity index (χ3v) is 5.57. The number of anilines is 1. The third-order valence-electron chi connectivity index (χ3n) is 5.57. The lowest BCUT2D eigenvalue weighted by Crippen LogP contribution is -2.30. The maximum absolute atomic E-state index is 13.6. The van der Waals surface area contributed by atoms with Crippen molar-refractivity contribution in [3.05, 3.63) is 109 Å². The highest BCUT2D eigenvalue weighted by atomic mass is 16.6. The van der Waals surface area contributed by atoms with Crippen molar-refractivity contribution < 1.29 is 14.1 Å². The van der Waals surface area contributed by atoms with Crippen LogP contribution in [0.5, 0.6) is 0 Å². The van der Waals surface area contributed by atoms with Gasteiger partial charge in [-0.15, -0.1) is 0 Å². The summed E-state index contributed by atoms with van der Waals surface area (Å²) in [5, 5.41) is 11.7. The van der Waals surface area contributed by atoms with E-state index >= 15 is 0 Å². The molecule has 0 spiro atoms. The van der Waals surface area contributed by atoms with E-state index in [-0.39, 0.29) is 22.4 Å². The van der Waals surface area contributed by atoms with Gasteiger partial charge in [0, 0.05) is 18.3 Å². The topological polar surface area (TPSA) is 107 Å². The fourth-order valence-electron chi connectivity index (χ4n) is 4.10. The van der Waals surface area contributed by atoms with Gasteiger partial charge >= 0.3 is 0 Å². The molecule has 4 aromatic rings. The Balaban J connectivity index is 1.83. The lowest BCUT2D eigenvalue weighted by atomic mass is 9.97. The van der Waals surface area contributed by atoms with Gasteiger partial charge in [0.2, 0.25) is 5.76 Å². The maximum atomic E-state index is 13.6. The standard InChI is InChI=1S/C24H17N3O5/c1-13-6-7-18-17(10-13)22(28)20-21(15-4-3-5-16(12-15)27(30)31)26(24(29)23(20)32-18)19-11-14(2)8-9-25-19/h3-12,21H,1-2H3/t21-/m1/s1. The van der Waals surface area contributed by atoms with Crippen molar-refractivity contribution in [2.24, 2.45) is 0 Å². The van der Waals surface area contributed by atoms with Gasteiger partial charge in [0.1, 0.15) is 11.4 Å². The van der Waals surface area contributed by atoms with Crippen molar-refractivity contribution in [2.75, 3.05) is 4.90 Å². The third kappa shape index (κ3) is 2.96. The van der Waals surface area contributed by atoms with Gasteiger partial charge in [0.15, 0.2) is 5.43 Å². The van der Waals surface area contributed by atoms with Gasteiger partial charge in [-0.2, -0.15) is 0 Å². The molecule has 1 aliphatic heterocycles. The number of aromatic nitrogens is 1. The number of hydrogen-bond donors (Lipinski definition) is 0. The number of hydrogen-bond acceptors (Lipinski definition) is 6. The Hall–Kier alpha value is -4.33. The van der Waals surface area contributed by atoms with Gasteiger partial charge in [-0.05, 0) is 49.2 Å². The summed E-state index contributed by atoms with van der Waals surface area (Å²) in [6.45, 7) is 3.72. The highest BCUT2D eigenvalue weighted by Crippen LogP contribution is 2.41. The van der Waals surface area contributed by atoms with E-state index < -0.39 is 16.9 Å². The Kier molecular flexibility index (Phi) is 4.37. The number of non-ortho nitro benzene ring substituents is 1. The van der Waals surface area contributed by atoms with Gasteiger partial charge in [-0.25, -0.2) is 4.98 Å². The van der Waals surface area contributed by atoms with E-state index in [9.17, 15) is 19.7 Å². The van der Waals surface area contributed by atoms with Crippen LogP contribution in [0.3, 0.4) is 0 Å². The summed E-state index contributed by atoms with van der Waals surface area (Å²) >= 11 is 0. The van der Waals surface area contributed by atoms with Crippen LogP contribution in [0.15, 0.2) is 70.0 Å². The summed E-state index contributed by atoms with van der Waals surface area (Å²) in [5.41, 5.74) is 2.15. The van der Waals surface area contributed by atoms with Gasteiger partial charge in [-0.1, -0.05) is 23.8 Å². The molecule has 0 saturated carbocycles. The molecule has 0 N–H and O–H groups in total. The molecule has 0 saturated heterocycles. The predicted molar refractivity (Wildman–Crippen MR) is 118 cm³/mol. The van der Waals surface area contributed by atoms with E-state index in [4.69, 9.17) is 4.42 Å². The van der Waals surface area contributed by atoms with Crippen molar-refractivity contribution in [2.45, 2.75) is 19.9 Å². The number of rotatable bonds is 3. The molecular formula is C24H17N3O5. The molecule has 2 aromatic carbocycles. The molecule has 1 aliphatic rings. The fourth-order valence-corrected chi connectivity index (χ4v) is 4.10. The molecule has 1 amide bonds. The molecule has 2 aromatic heterocycles. The summed E-state index contributed by atoms with van der Waals surface area (Å²) in [5.74, 6) is -0.266. The van der Waals surface area contributed by atoms with Gasteiger partial charge in [0.25, 0.3) is 11.6 Å². The van der Waals surface area contributed by atoms with Gasteiger partial charge in [0.05, 0.1) is 21.9 Å². The molecule has 3 heterocycles. The summed E-state index contributed by atoms with van der Waals surface area (Å²) in [4.78, 5) is 43.6. The number of benzene rings is 2. The van der Waals surface area contributed by atoms with Crippen molar-refractivity contribution in [3.63, 3.8) is 0 Å². The lowest BCUT2D eigenvalue weighted by Gasteiger charge is -2.24. The van der Waals surface area contributed by atoms with E-state index in [2.05, 4.69) is 4.98 Å². The Morgan fingerprint density at radius 1 is 1.03 bits per heavy atom. The molecule has 8 nitrogen and oxygen atoms in total. The minimum Gasteiger partial charge on any atom is -0.450 e. The minimum atomic E-state index is -0.909. The van der Waals surface area contributed by atoms with Crippen LogP contribution in [0, 0.1) is 24.0 Å². The van der Waals surface area contributed by atoms with Crippen LogP contribution in [0.4, 0.5) is 11.5 Å². The molecule has 32 heavy (non-hydrogen) atoms. The number of pyridine rings is 1. The monoisotopic (exact) mass is 427 g/mol. The lowest BCUT2D eigenvalue weighted by molar-refractivity contribution is -0.384. The summed E-state index contributed by atoms with van der Waals surface area (Å²) in [6.07, 6.45) is 1.57. The van der Waals surface area contributed by atoms with E-state index in [0.29, 0.717) is 22.4 Å². The van der Waals surface area contributed by atoms with Crippen LogP contribution in [0.2, 0.25) is 0 Å². The highest BCUT2D eigenvalue weighted by molar-refractivity contribution is 6.10. The number of nitro benzene ring substituents is 1. The van der Waals surface area contributed by atoms with Gasteiger partial charge in [-0.3, -0.25) is 24.6 Å². The molecule has 5 rings (SSSR count). The van der Waals surface area contributed by atoms with Crippen molar-refractivity contribution in [1.82, 2.24) is 4.98 Å². The summed E-state index contributed by atoms with van der Waals surface area (Å²) < 4.78 is 5.91. The van der Waals surface area contributed by atoms with E-state index in [1.54, 1.807) is 42.6 Å². The highest BCUT2D eigenvalue weighted by Gasteiger charge is 2.44. The first-order chi connectivity index (χ1) is 15.3. The molecule has 0 aliphatic carbocycles. The number of aryl methyl sites for hydroxylation is 2. The quantitative estimate of drug-likeness (QED) is 0.353. The number of nitrogens with zero attached hydrogens (tertiary/aromatic N) is 3. The maximum Gasteiger partial charge on any atom is 0.296 e. The molecule has 8 heteroatoms. The first-order valence-corrected chi connectivity index (χ1v) is 9.93. The Morgan fingerprint density at radius 3 is 2.56 bits per heavy atom. The number of carbonyl (C=O) groups is 1. The normalized spacial score (nSPS) is 15.2. The number of carbonyl (C=O) groups excluding carboxylic acids is 1. The number of nitro groups is 1. The second-order valence-electron chi connectivity index (χ2n) is 7.79. The Labute approximate surface area is 181 Å². The zero-order valence-corrected chi connectivity index (χ0v) is 17.2. The minimum absolute atomic E-state index is 0.0776. The molecule has 0 bridgehead atoms. The van der Waals surface area contributed by atoms with Crippen molar-refractivity contribution in [3.8, 4) is 0 Å². The first kappa shape index (κ1) is 19.6. The van der Waals surface area contributed by atoms with E-state index in [0.717, 1.165) is 11.1 Å². The first-order valence-electron chi connectivity index (χ1n) is 9.93. The fraction of sp³-hybridized carbons (Fsp3) is 0.125. The van der Waals surface area contributed by atoms with Crippen LogP contribution >= 0.6 is 0 Å². The molecule has 0 fully saturated rings. The van der Waals surface area contributed by atoms with Crippen molar-refractivity contribution in [1.29, 1.82) is 0 Å². The van der Waals surface area contributed by atoms with Crippen LogP contribution in [-0.4, -0.2) is 15.8 Å². The molecule has 158 valence electrons. The van der Waals surface area contributed by atoms with Gasteiger partial charge < -0.3 is 4.42 Å². The zero-order valence-electron chi connectivity index (χ0n) is 17.2. The van der Waals surface area contributed by atoms with Crippen LogP contribution < -0.4 is 10.3 Å². The predicted octanol–water partition coefficient (Wildman–Crippen LogP) is 4.46. The van der Waals surface area contributed by atoms with Crippen LogP contribution in [-0.2, 0) is 0 Å². The van der Waals surface area contributed by atoms with E-state index in [1.807, 2.05) is 13.8 Å². The molecule has 0 unspecified atom stereocenters. The SMILES string of the molecule is Cc1ccnc(N2C(=O)c3oc4ccc(C)cc4c(=O)c3[C@H]2c2cccc([N+](=O)[O-])c2)c1. The largest absolute Gasteiger partial charge is 0.450 e. The average molecular weight is 427 g/mol. The van der Waals surface area contributed by atoms with E-state index in [1.165, 1.54) is 23.1 Å². The molecular weight excluding hydrogens is 410 g/mol. The van der Waals surface area contributed by atoms with Crippen LogP contribution in [0.1, 0.15) is 38.9 Å². The van der Waals surface area contributed by atoms with Crippen molar-refractivity contribution >= 4 is 28.4 Å². The smallest absolute Gasteiger partial charge is 0.296 e. The second kappa shape index (κ2) is 7.12. The molecule has 0 radical (unpaired) electrons.